The number of carbonyl (C=O) groups is 3. The van der Waals surface area contributed by atoms with Crippen LogP contribution in [0.25, 0.3) is 0 Å². The molecule has 6 N–H and O–H groups in total. The highest BCUT2D eigenvalue weighted by molar-refractivity contribution is 5.87. The smallest absolute Gasteiger partial charge is 0.326 e. The van der Waals surface area contributed by atoms with Gasteiger partial charge < -0.3 is 26.4 Å². The van der Waals surface area contributed by atoms with E-state index >= 15 is 0 Å². The van der Waals surface area contributed by atoms with E-state index in [1.165, 1.54) is 12.1 Å². The number of amides is 1. The Balaban J connectivity index is 2.63. The first kappa shape index (κ1) is 17.4. The molecule has 22 heavy (non-hydrogen) atoms. The Labute approximate surface area is 126 Å². The van der Waals surface area contributed by atoms with Gasteiger partial charge in [0.05, 0.1) is 6.04 Å². The van der Waals surface area contributed by atoms with Crippen LogP contribution in [0.15, 0.2) is 24.3 Å². The van der Waals surface area contributed by atoms with Crippen LogP contribution in [-0.4, -0.2) is 45.2 Å². The second kappa shape index (κ2) is 7.99. The molecule has 1 aromatic carbocycles. The standard InChI is InChI=1S/C14H18N2O6/c15-10(5-6-12(18)19)13(20)16-11(14(21)22)7-8-1-3-9(17)4-2-8/h1-4,10-11,17H,5-7,15H2,(H,16,20)(H,18,19)(H,21,22)/t10-,11-/m1/s1. The van der Waals surface area contributed by atoms with Crippen molar-refractivity contribution in [1.29, 1.82) is 0 Å². The van der Waals surface area contributed by atoms with Crippen molar-refractivity contribution in [2.24, 2.45) is 5.73 Å². The first-order chi connectivity index (χ1) is 10.3. The zero-order valence-corrected chi connectivity index (χ0v) is 11.7. The lowest BCUT2D eigenvalue weighted by molar-refractivity contribution is -0.142. The lowest BCUT2D eigenvalue weighted by Gasteiger charge is -2.17. The summed E-state index contributed by atoms with van der Waals surface area (Å²) in [7, 11) is 0. The number of rotatable bonds is 8. The summed E-state index contributed by atoms with van der Waals surface area (Å²) >= 11 is 0. The molecule has 120 valence electrons. The van der Waals surface area contributed by atoms with Gasteiger partial charge in [0.15, 0.2) is 0 Å². The van der Waals surface area contributed by atoms with E-state index in [1.54, 1.807) is 12.1 Å². The minimum Gasteiger partial charge on any atom is -0.508 e. The molecule has 0 spiro atoms. The third kappa shape index (κ3) is 5.80. The average molecular weight is 310 g/mol. The molecule has 0 aliphatic carbocycles. The number of benzene rings is 1. The summed E-state index contributed by atoms with van der Waals surface area (Å²) in [5, 5.41) is 29.1. The summed E-state index contributed by atoms with van der Waals surface area (Å²) in [6.07, 6.45) is -0.329. The van der Waals surface area contributed by atoms with E-state index in [0.717, 1.165) is 0 Å². The van der Waals surface area contributed by atoms with Gasteiger partial charge in [0.2, 0.25) is 5.91 Å². The first-order valence-electron chi connectivity index (χ1n) is 6.58. The Hall–Kier alpha value is -2.61. The maximum absolute atomic E-state index is 11.8. The van der Waals surface area contributed by atoms with E-state index in [2.05, 4.69) is 5.32 Å². The van der Waals surface area contributed by atoms with Crippen LogP contribution in [0.3, 0.4) is 0 Å². The Morgan fingerprint density at radius 3 is 2.23 bits per heavy atom. The largest absolute Gasteiger partial charge is 0.508 e. The van der Waals surface area contributed by atoms with Crippen molar-refractivity contribution >= 4 is 17.8 Å². The number of carboxylic acids is 2. The molecule has 8 heteroatoms. The molecule has 0 aliphatic heterocycles. The van der Waals surface area contributed by atoms with Crippen LogP contribution in [0.5, 0.6) is 5.75 Å². The zero-order valence-electron chi connectivity index (χ0n) is 11.7. The number of carbonyl (C=O) groups excluding carboxylic acids is 1. The second-order valence-corrected chi connectivity index (χ2v) is 4.81. The zero-order chi connectivity index (χ0) is 16.7. The SMILES string of the molecule is N[C@H](CCC(=O)O)C(=O)N[C@H](Cc1ccc(O)cc1)C(=O)O. The Bertz CT molecular complexity index is 543. The van der Waals surface area contributed by atoms with Gasteiger partial charge in [0, 0.05) is 12.8 Å². The van der Waals surface area contributed by atoms with Gasteiger partial charge in [0.25, 0.3) is 0 Å². The van der Waals surface area contributed by atoms with Crippen LogP contribution in [0.1, 0.15) is 18.4 Å². The van der Waals surface area contributed by atoms with E-state index < -0.39 is 29.9 Å². The fourth-order valence-corrected chi connectivity index (χ4v) is 1.76. The van der Waals surface area contributed by atoms with Gasteiger partial charge in [-0.15, -0.1) is 0 Å². The monoisotopic (exact) mass is 310 g/mol. The van der Waals surface area contributed by atoms with Gasteiger partial charge in [-0.3, -0.25) is 9.59 Å². The lowest BCUT2D eigenvalue weighted by Crippen LogP contribution is -2.49. The Kier molecular flexibility index (Phi) is 6.33. The number of hydrogen-bond donors (Lipinski definition) is 5. The fourth-order valence-electron chi connectivity index (χ4n) is 1.76. The van der Waals surface area contributed by atoms with E-state index in [-0.39, 0.29) is 25.0 Å². The molecule has 2 atom stereocenters. The van der Waals surface area contributed by atoms with Gasteiger partial charge in [-0.25, -0.2) is 4.79 Å². The van der Waals surface area contributed by atoms with Gasteiger partial charge in [-0.05, 0) is 24.1 Å². The molecule has 0 aliphatic rings. The summed E-state index contributed by atoms with van der Waals surface area (Å²) < 4.78 is 0. The number of hydrogen-bond acceptors (Lipinski definition) is 5. The van der Waals surface area contributed by atoms with Crippen LogP contribution < -0.4 is 11.1 Å². The van der Waals surface area contributed by atoms with Crippen molar-refractivity contribution in [3.05, 3.63) is 29.8 Å². The molecule has 0 aromatic heterocycles. The number of nitrogens with one attached hydrogen (secondary N) is 1. The number of phenols is 1. The van der Waals surface area contributed by atoms with Crippen molar-refractivity contribution in [1.82, 2.24) is 5.32 Å². The van der Waals surface area contributed by atoms with Gasteiger partial charge in [-0.2, -0.15) is 0 Å². The highest BCUT2D eigenvalue weighted by atomic mass is 16.4. The quantitative estimate of drug-likeness (QED) is 0.442. The third-order valence-electron chi connectivity index (χ3n) is 3.00. The van der Waals surface area contributed by atoms with Crippen molar-refractivity contribution < 1.29 is 29.7 Å². The minimum atomic E-state index is -1.23. The molecule has 0 heterocycles. The highest BCUT2D eigenvalue weighted by Crippen LogP contribution is 2.11. The maximum Gasteiger partial charge on any atom is 0.326 e. The number of carboxylic acid groups (broad SMARTS) is 2. The predicted molar refractivity (Wildman–Crippen MR) is 76.2 cm³/mol. The molecule has 0 saturated heterocycles. The molecule has 0 bridgehead atoms. The molecular formula is C14H18N2O6. The molecule has 1 aromatic rings. The summed E-state index contributed by atoms with van der Waals surface area (Å²) in [5.74, 6) is -2.98. The molecule has 0 unspecified atom stereocenters. The summed E-state index contributed by atoms with van der Waals surface area (Å²) in [6, 6.07) is 3.64. The van der Waals surface area contributed by atoms with Gasteiger partial charge >= 0.3 is 11.9 Å². The summed E-state index contributed by atoms with van der Waals surface area (Å²) in [6.45, 7) is 0. The Morgan fingerprint density at radius 2 is 1.73 bits per heavy atom. The molecule has 0 fully saturated rings. The first-order valence-corrected chi connectivity index (χ1v) is 6.58. The Morgan fingerprint density at radius 1 is 1.14 bits per heavy atom. The fraction of sp³-hybridized carbons (Fsp3) is 0.357. The topological polar surface area (TPSA) is 150 Å². The number of aliphatic carboxylic acids is 2. The minimum absolute atomic E-state index is 0.0208. The van der Waals surface area contributed by atoms with E-state index in [9.17, 15) is 19.5 Å². The van der Waals surface area contributed by atoms with Gasteiger partial charge in [-0.1, -0.05) is 12.1 Å². The third-order valence-corrected chi connectivity index (χ3v) is 3.00. The van der Waals surface area contributed by atoms with Crippen molar-refractivity contribution in [2.75, 3.05) is 0 Å². The molecule has 0 saturated carbocycles. The second-order valence-electron chi connectivity index (χ2n) is 4.81. The lowest BCUT2D eigenvalue weighted by atomic mass is 10.0. The highest BCUT2D eigenvalue weighted by Gasteiger charge is 2.23. The normalized spacial score (nSPS) is 13.1. The van der Waals surface area contributed by atoms with Gasteiger partial charge in [0.1, 0.15) is 11.8 Å². The molecule has 1 amide bonds. The molecule has 8 nitrogen and oxygen atoms in total. The van der Waals surface area contributed by atoms with Crippen LogP contribution in [0, 0.1) is 0 Å². The molecule has 1 rings (SSSR count). The van der Waals surface area contributed by atoms with Crippen molar-refractivity contribution in [3.63, 3.8) is 0 Å². The van der Waals surface area contributed by atoms with Crippen molar-refractivity contribution in [2.45, 2.75) is 31.3 Å². The van der Waals surface area contributed by atoms with E-state index in [0.29, 0.717) is 5.56 Å². The number of nitrogens with two attached hydrogens (primary N) is 1. The maximum atomic E-state index is 11.8. The number of phenolic OH excluding ortho intramolecular Hbond substituents is 1. The van der Waals surface area contributed by atoms with E-state index in [4.69, 9.17) is 15.9 Å². The van der Waals surface area contributed by atoms with Crippen LogP contribution in [0.2, 0.25) is 0 Å². The number of aromatic hydroxyl groups is 1. The van der Waals surface area contributed by atoms with Crippen LogP contribution in [0.4, 0.5) is 0 Å². The average Bonchev–Trinajstić information content (AvgIpc) is 2.45. The van der Waals surface area contributed by atoms with Crippen molar-refractivity contribution in [3.8, 4) is 5.75 Å². The predicted octanol–water partition coefficient (Wildman–Crippen LogP) is -0.304. The van der Waals surface area contributed by atoms with Crippen LogP contribution in [-0.2, 0) is 20.8 Å². The summed E-state index contributed by atoms with van der Waals surface area (Å²) in [5.41, 5.74) is 6.14. The molecular weight excluding hydrogens is 292 g/mol. The summed E-state index contributed by atoms with van der Waals surface area (Å²) in [4.78, 5) is 33.4. The van der Waals surface area contributed by atoms with Crippen LogP contribution >= 0.6 is 0 Å². The van der Waals surface area contributed by atoms with E-state index in [1.807, 2.05) is 0 Å². The molecule has 0 radical (unpaired) electrons.